The molecule has 1 unspecified atom stereocenters. The molecule has 1 atom stereocenters. The highest BCUT2D eigenvalue weighted by Crippen LogP contribution is 2.48. The number of benzene rings is 4. The molecule has 1 N–H and O–H groups in total. The molecule has 156 valence electrons. The molecule has 0 amide bonds. The van der Waals surface area contributed by atoms with Crippen molar-refractivity contribution in [3.8, 4) is 5.75 Å². The molecule has 2 nitrogen and oxygen atoms in total. The summed E-state index contributed by atoms with van der Waals surface area (Å²) in [6, 6.07) is 28.3. The van der Waals surface area contributed by atoms with Gasteiger partial charge in [0.1, 0.15) is 5.75 Å². The van der Waals surface area contributed by atoms with Crippen molar-refractivity contribution >= 4 is 16.5 Å². The van der Waals surface area contributed by atoms with Crippen LogP contribution in [0, 0.1) is 6.92 Å². The van der Waals surface area contributed by atoms with Crippen molar-refractivity contribution in [3.05, 3.63) is 107 Å². The highest BCUT2D eigenvalue weighted by Gasteiger charge is 2.31. The molecule has 1 aliphatic rings. The van der Waals surface area contributed by atoms with E-state index in [0.29, 0.717) is 12.5 Å². The second-order valence-electron chi connectivity index (χ2n) is 8.81. The van der Waals surface area contributed by atoms with Gasteiger partial charge >= 0.3 is 0 Å². The van der Waals surface area contributed by atoms with Gasteiger partial charge in [0.05, 0.1) is 6.61 Å². The van der Waals surface area contributed by atoms with Gasteiger partial charge < -0.3 is 10.1 Å². The topological polar surface area (TPSA) is 21.3 Å². The van der Waals surface area contributed by atoms with E-state index in [1.54, 1.807) is 0 Å². The Kier molecular flexibility index (Phi) is 5.15. The van der Waals surface area contributed by atoms with Crippen LogP contribution in [0.4, 0.5) is 5.69 Å². The summed E-state index contributed by atoms with van der Waals surface area (Å²) in [6.45, 7) is 8.22. The van der Waals surface area contributed by atoms with Gasteiger partial charge in [0.25, 0.3) is 0 Å². The number of nitrogens with one attached hydrogen (secondary N) is 1. The Morgan fingerprint density at radius 1 is 0.871 bits per heavy atom. The van der Waals surface area contributed by atoms with Crippen LogP contribution in [-0.4, -0.2) is 6.61 Å². The highest BCUT2D eigenvalue weighted by atomic mass is 16.5. The quantitative estimate of drug-likeness (QED) is 0.372. The summed E-state index contributed by atoms with van der Waals surface area (Å²) in [5.74, 6) is 1.86. The monoisotopic (exact) mass is 407 g/mol. The van der Waals surface area contributed by atoms with Crippen LogP contribution in [0.1, 0.15) is 53.5 Å². The molecule has 0 aromatic heterocycles. The van der Waals surface area contributed by atoms with E-state index < -0.39 is 0 Å². The number of anilines is 1. The third-order valence-corrected chi connectivity index (χ3v) is 6.53. The molecule has 2 heteroatoms. The van der Waals surface area contributed by atoms with Crippen LogP contribution < -0.4 is 10.1 Å². The van der Waals surface area contributed by atoms with Gasteiger partial charge in [0.2, 0.25) is 0 Å². The summed E-state index contributed by atoms with van der Waals surface area (Å²) in [7, 11) is 0. The first-order chi connectivity index (χ1) is 15.1. The van der Waals surface area contributed by atoms with Crippen LogP contribution in [0.25, 0.3) is 10.8 Å². The maximum Gasteiger partial charge on any atom is 0.131 e. The minimum absolute atomic E-state index is 0.262. The first-order valence-electron chi connectivity index (χ1n) is 11.2. The van der Waals surface area contributed by atoms with Gasteiger partial charge in [-0.2, -0.15) is 0 Å². The lowest BCUT2D eigenvalue weighted by atomic mass is 9.86. The predicted molar refractivity (Wildman–Crippen MR) is 130 cm³/mol. The van der Waals surface area contributed by atoms with Crippen molar-refractivity contribution in [2.45, 2.75) is 39.2 Å². The van der Waals surface area contributed by atoms with Crippen molar-refractivity contribution in [2.24, 2.45) is 0 Å². The molecular weight excluding hydrogens is 378 g/mol. The van der Waals surface area contributed by atoms with E-state index in [1.807, 2.05) is 0 Å². The van der Waals surface area contributed by atoms with Crippen molar-refractivity contribution in [3.63, 3.8) is 0 Å². The summed E-state index contributed by atoms with van der Waals surface area (Å²) in [5.41, 5.74) is 7.82. The molecule has 31 heavy (non-hydrogen) atoms. The third-order valence-electron chi connectivity index (χ3n) is 6.53. The largest absolute Gasteiger partial charge is 0.492 e. The number of ether oxygens (including phenoxy) is 1. The minimum Gasteiger partial charge on any atom is -0.492 e. The Labute approximate surface area is 184 Å². The van der Waals surface area contributed by atoms with Gasteiger partial charge in [0.15, 0.2) is 0 Å². The molecule has 0 fully saturated rings. The molecule has 0 saturated carbocycles. The van der Waals surface area contributed by atoms with Gasteiger partial charge in [-0.25, -0.2) is 0 Å². The molecule has 0 bridgehead atoms. The smallest absolute Gasteiger partial charge is 0.131 e. The summed E-state index contributed by atoms with van der Waals surface area (Å²) < 4.78 is 6.33. The summed E-state index contributed by atoms with van der Waals surface area (Å²) >= 11 is 0. The van der Waals surface area contributed by atoms with Crippen LogP contribution in [0.3, 0.4) is 0 Å². The fourth-order valence-electron chi connectivity index (χ4n) is 4.77. The van der Waals surface area contributed by atoms with E-state index >= 15 is 0 Å². The van der Waals surface area contributed by atoms with Crippen molar-refractivity contribution in [1.82, 2.24) is 0 Å². The Hall–Kier alpha value is -3.26. The number of rotatable bonds is 5. The van der Waals surface area contributed by atoms with Crippen LogP contribution in [0.5, 0.6) is 5.75 Å². The number of fused-ring (bicyclic) bond motifs is 3. The van der Waals surface area contributed by atoms with E-state index in [1.165, 1.54) is 44.3 Å². The maximum absolute atomic E-state index is 6.33. The van der Waals surface area contributed by atoms with Gasteiger partial charge in [-0.15, -0.1) is 0 Å². The van der Waals surface area contributed by atoms with Gasteiger partial charge in [-0.1, -0.05) is 92.7 Å². The van der Waals surface area contributed by atoms with Gasteiger partial charge in [0, 0.05) is 34.5 Å². The van der Waals surface area contributed by atoms with E-state index in [-0.39, 0.29) is 5.92 Å². The molecule has 1 aliphatic heterocycles. The minimum atomic E-state index is 0.262. The molecule has 1 heterocycles. The second kappa shape index (κ2) is 8.11. The average molecular weight is 408 g/mol. The lowest BCUT2D eigenvalue weighted by Gasteiger charge is -2.19. The zero-order valence-corrected chi connectivity index (χ0v) is 18.5. The molecule has 5 rings (SSSR count). The lowest BCUT2D eigenvalue weighted by molar-refractivity contribution is 0.346. The molecule has 0 saturated heterocycles. The number of hydrogen-bond acceptors (Lipinski definition) is 2. The molecule has 0 aliphatic carbocycles. The average Bonchev–Trinajstić information content (AvgIpc) is 3.25. The van der Waals surface area contributed by atoms with Gasteiger partial charge in [-0.3, -0.25) is 0 Å². The normalized spacial score (nSPS) is 15.2. The van der Waals surface area contributed by atoms with Crippen LogP contribution in [-0.2, 0) is 6.54 Å². The first-order valence-corrected chi connectivity index (χ1v) is 11.2. The van der Waals surface area contributed by atoms with E-state index in [9.17, 15) is 0 Å². The Morgan fingerprint density at radius 2 is 1.55 bits per heavy atom. The molecule has 0 radical (unpaired) electrons. The van der Waals surface area contributed by atoms with Crippen molar-refractivity contribution in [1.29, 1.82) is 0 Å². The van der Waals surface area contributed by atoms with Crippen molar-refractivity contribution < 1.29 is 4.74 Å². The molecule has 4 aromatic carbocycles. The predicted octanol–water partition coefficient (Wildman–Crippen LogP) is 7.41. The van der Waals surface area contributed by atoms with Gasteiger partial charge in [-0.05, 0) is 35.1 Å². The standard InChI is InChI=1S/C29H29NO/c1-19(2)22-13-15-23(16-14-22)26-18-31-29-25-12-8-7-11-24(25)28(20(3)27(26)29)30-17-21-9-5-4-6-10-21/h4-16,19,26,30H,17-18H2,1-3H3. The summed E-state index contributed by atoms with van der Waals surface area (Å²) in [6.07, 6.45) is 0. The molecule has 4 aromatic rings. The fraction of sp³-hybridized carbons (Fsp3) is 0.241. The second-order valence-corrected chi connectivity index (χ2v) is 8.81. The first kappa shape index (κ1) is 19.7. The fourth-order valence-corrected chi connectivity index (χ4v) is 4.77. The molecule has 0 spiro atoms. The van der Waals surface area contributed by atoms with E-state index in [2.05, 4.69) is 105 Å². The van der Waals surface area contributed by atoms with E-state index in [4.69, 9.17) is 4.74 Å². The highest BCUT2D eigenvalue weighted by molar-refractivity contribution is 6.01. The zero-order valence-electron chi connectivity index (χ0n) is 18.5. The van der Waals surface area contributed by atoms with Crippen LogP contribution in [0.2, 0.25) is 0 Å². The van der Waals surface area contributed by atoms with Crippen molar-refractivity contribution in [2.75, 3.05) is 11.9 Å². The zero-order chi connectivity index (χ0) is 21.4. The molecular formula is C29H29NO. The lowest BCUT2D eigenvalue weighted by Crippen LogP contribution is -2.07. The Balaban J connectivity index is 1.59. The van der Waals surface area contributed by atoms with E-state index in [0.717, 1.165) is 12.3 Å². The summed E-state index contributed by atoms with van der Waals surface area (Å²) in [4.78, 5) is 0. The van der Waals surface area contributed by atoms with Crippen LogP contribution in [0.15, 0.2) is 78.9 Å². The summed E-state index contributed by atoms with van der Waals surface area (Å²) in [5, 5.41) is 6.16. The number of hydrogen-bond donors (Lipinski definition) is 1. The Bertz CT molecular complexity index is 1210. The Morgan fingerprint density at radius 3 is 2.26 bits per heavy atom. The third kappa shape index (κ3) is 3.57. The maximum atomic E-state index is 6.33. The van der Waals surface area contributed by atoms with Crippen LogP contribution >= 0.6 is 0 Å². The SMILES string of the molecule is Cc1c2c(c3ccccc3c1NCc1ccccc1)OCC2c1ccc(C(C)C)cc1.